The van der Waals surface area contributed by atoms with Gasteiger partial charge in [-0.05, 0) is 55.4 Å². The van der Waals surface area contributed by atoms with Crippen LogP contribution in [0.3, 0.4) is 0 Å². The van der Waals surface area contributed by atoms with Gasteiger partial charge in [0.05, 0.1) is 11.9 Å². The molecule has 2 aromatic heterocycles. The maximum atomic E-state index is 14.6. The van der Waals surface area contributed by atoms with Crippen LogP contribution in [0.15, 0.2) is 36.7 Å². The molecule has 2 saturated carbocycles. The number of H-pyrrole nitrogens is 1. The number of hydrogen-bond donors (Lipinski definition) is 2. The van der Waals surface area contributed by atoms with Gasteiger partial charge in [-0.15, -0.1) is 10.2 Å². The highest BCUT2D eigenvalue weighted by atomic mass is 19.1. The molecule has 3 atom stereocenters. The van der Waals surface area contributed by atoms with E-state index in [2.05, 4.69) is 32.3 Å². The van der Waals surface area contributed by atoms with Crippen LogP contribution < -0.4 is 4.90 Å². The van der Waals surface area contributed by atoms with E-state index in [0.29, 0.717) is 22.9 Å². The fourth-order valence-electron chi connectivity index (χ4n) is 5.02. The first-order valence-electron chi connectivity index (χ1n) is 10.2. The summed E-state index contributed by atoms with van der Waals surface area (Å²) in [6, 6.07) is 6.89. The third kappa shape index (κ3) is 3.34. The number of aromatic hydroxyl groups is 1. The Balaban J connectivity index is 1.38. The van der Waals surface area contributed by atoms with Gasteiger partial charge in [0.15, 0.2) is 5.82 Å². The monoisotopic (exact) mass is 393 g/mol. The van der Waals surface area contributed by atoms with Gasteiger partial charge >= 0.3 is 0 Å². The van der Waals surface area contributed by atoms with Crippen molar-refractivity contribution >= 4 is 5.82 Å². The molecule has 2 fully saturated rings. The lowest BCUT2D eigenvalue weighted by atomic mass is 9.85. The summed E-state index contributed by atoms with van der Waals surface area (Å²) >= 11 is 0. The highest BCUT2D eigenvalue weighted by Crippen LogP contribution is 2.44. The minimum Gasteiger partial charge on any atom is -0.507 e. The summed E-state index contributed by atoms with van der Waals surface area (Å²) in [5.41, 5.74) is 1.64. The fraction of sp³-hybridized carbons (Fsp3) is 0.409. The largest absolute Gasteiger partial charge is 0.507 e. The van der Waals surface area contributed by atoms with E-state index in [9.17, 15) is 9.50 Å². The fourth-order valence-corrected chi connectivity index (χ4v) is 5.02. The molecule has 2 aliphatic carbocycles. The van der Waals surface area contributed by atoms with Crippen LogP contribution in [0.2, 0.25) is 0 Å². The lowest BCUT2D eigenvalue weighted by molar-refractivity contribution is 0.312. The van der Waals surface area contributed by atoms with E-state index in [-0.39, 0.29) is 11.3 Å². The molecule has 2 bridgehead atoms. The summed E-state index contributed by atoms with van der Waals surface area (Å²) in [6.07, 6.45) is 9.64. The third-order valence-corrected chi connectivity index (χ3v) is 6.59. The molecule has 2 heterocycles. The first-order valence-corrected chi connectivity index (χ1v) is 10.2. The maximum absolute atomic E-state index is 14.6. The minimum absolute atomic E-state index is 0.0399. The van der Waals surface area contributed by atoms with Crippen molar-refractivity contribution in [3.05, 3.63) is 42.5 Å². The Labute approximate surface area is 168 Å². The van der Waals surface area contributed by atoms with Crippen LogP contribution in [0.4, 0.5) is 10.2 Å². The highest BCUT2D eigenvalue weighted by molar-refractivity contribution is 5.74. The summed E-state index contributed by atoms with van der Waals surface area (Å²) in [4.78, 5) is 2.23. The van der Waals surface area contributed by atoms with E-state index in [4.69, 9.17) is 0 Å². The molecule has 2 N–H and O–H groups in total. The van der Waals surface area contributed by atoms with Crippen LogP contribution in [0.25, 0.3) is 22.4 Å². The lowest BCUT2D eigenvalue weighted by Gasteiger charge is -2.35. The molecular weight excluding hydrogens is 369 g/mol. The van der Waals surface area contributed by atoms with E-state index in [1.54, 1.807) is 12.3 Å². The number of nitrogens with zero attached hydrogens (tertiary/aromatic N) is 4. The van der Waals surface area contributed by atoms with Gasteiger partial charge in [-0.25, -0.2) is 4.39 Å². The molecule has 6 nitrogen and oxygen atoms in total. The number of hydrogen-bond acceptors (Lipinski definition) is 5. The predicted molar refractivity (Wildman–Crippen MR) is 109 cm³/mol. The second-order valence-corrected chi connectivity index (χ2v) is 8.39. The van der Waals surface area contributed by atoms with Crippen LogP contribution in [0.5, 0.6) is 5.75 Å². The quantitative estimate of drug-likeness (QED) is 0.687. The number of rotatable bonds is 4. The SMILES string of the molecule is CN(c1ccc(-c2cc(F)c(-c3cn[nH]c3)cc2O)nn1)[C@H]1C[C@@H]2CC[C@@H](C2)C1. The van der Waals surface area contributed by atoms with Crippen molar-refractivity contribution in [3.8, 4) is 28.1 Å². The molecule has 5 rings (SSSR count). The Hall–Kier alpha value is -2.96. The van der Waals surface area contributed by atoms with Crippen LogP contribution in [-0.4, -0.2) is 38.6 Å². The first kappa shape index (κ1) is 18.1. The van der Waals surface area contributed by atoms with Crippen molar-refractivity contribution < 1.29 is 9.50 Å². The number of aromatic nitrogens is 4. The maximum Gasteiger partial charge on any atom is 0.151 e. The smallest absolute Gasteiger partial charge is 0.151 e. The molecule has 0 amide bonds. The number of aromatic amines is 1. The Kier molecular flexibility index (Phi) is 4.45. The molecule has 7 heteroatoms. The number of anilines is 1. The van der Waals surface area contributed by atoms with Gasteiger partial charge in [0.25, 0.3) is 0 Å². The average Bonchev–Trinajstić information content (AvgIpc) is 3.38. The Morgan fingerprint density at radius 1 is 1.07 bits per heavy atom. The number of phenols is 1. The molecule has 150 valence electrons. The van der Waals surface area contributed by atoms with Gasteiger partial charge in [-0.1, -0.05) is 12.8 Å². The molecule has 0 unspecified atom stereocenters. The van der Waals surface area contributed by atoms with Gasteiger partial charge in [-0.2, -0.15) is 5.10 Å². The Bertz CT molecular complexity index is 993. The standard InChI is InChI=1S/C22H24FN5O/c1-28(16-7-13-2-3-14(6-13)8-16)22-5-4-20(26-27-22)18-9-19(23)17(10-21(18)29)15-11-24-25-12-15/h4-5,9-14,16,29H,2-3,6-8H2,1H3,(H,24,25)/t13-,14+,16+. The molecular formula is C22H24FN5O. The average molecular weight is 393 g/mol. The number of halogens is 1. The topological polar surface area (TPSA) is 77.9 Å². The van der Waals surface area contributed by atoms with E-state index in [0.717, 1.165) is 17.7 Å². The molecule has 29 heavy (non-hydrogen) atoms. The molecule has 3 aromatic rings. The second kappa shape index (κ2) is 7.13. The minimum atomic E-state index is -0.445. The lowest BCUT2D eigenvalue weighted by Crippen LogP contribution is -2.37. The summed E-state index contributed by atoms with van der Waals surface area (Å²) in [5, 5.41) is 25.6. The van der Waals surface area contributed by atoms with Crippen molar-refractivity contribution in [2.45, 2.75) is 38.1 Å². The van der Waals surface area contributed by atoms with Crippen LogP contribution in [0, 0.1) is 17.7 Å². The van der Waals surface area contributed by atoms with Crippen LogP contribution in [-0.2, 0) is 0 Å². The summed E-state index contributed by atoms with van der Waals surface area (Å²) in [6.45, 7) is 0. The van der Waals surface area contributed by atoms with Crippen molar-refractivity contribution in [1.29, 1.82) is 0 Å². The van der Waals surface area contributed by atoms with E-state index >= 15 is 0 Å². The van der Waals surface area contributed by atoms with Crippen LogP contribution in [0.1, 0.15) is 32.1 Å². The zero-order valence-corrected chi connectivity index (χ0v) is 16.3. The zero-order chi connectivity index (χ0) is 20.0. The van der Waals surface area contributed by atoms with Crippen molar-refractivity contribution in [2.24, 2.45) is 11.8 Å². The van der Waals surface area contributed by atoms with Gasteiger partial charge < -0.3 is 10.0 Å². The van der Waals surface area contributed by atoms with E-state index in [1.807, 2.05) is 6.07 Å². The van der Waals surface area contributed by atoms with Gasteiger partial charge in [0.1, 0.15) is 11.6 Å². The number of nitrogens with one attached hydrogen (secondary N) is 1. The van der Waals surface area contributed by atoms with Crippen LogP contribution >= 0.6 is 0 Å². The number of benzene rings is 1. The second-order valence-electron chi connectivity index (χ2n) is 8.39. The predicted octanol–water partition coefficient (Wildman–Crippen LogP) is 4.39. The number of phenolic OH excluding ortho intramolecular Hbond substituents is 1. The van der Waals surface area contributed by atoms with Gasteiger partial charge in [0, 0.05) is 36.0 Å². The third-order valence-electron chi connectivity index (χ3n) is 6.59. The van der Waals surface area contributed by atoms with E-state index in [1.165, 1.54) is 50.4 Å². The molecule has 0 radical (unpaired) electrons. The molecule has 0 spiro atoms. The normalized spacial score (nSPS) is 23.3. The molecule has 0 saturated heterocycles. The Morgan fingerprint density at radius 2 is 1.86 bits per heavy atom. The summed E-state index contributed by atoms with van der Waals surface area (Å²) in [5.74, 6) is 2.03. The van der Waals surface area contributed by atoms with Crippen molar-refractivity contribution in [1.82, 2.24) is 20.4 Å². The number of fused-ring (bicyclic) bond motifs is 2. The summed E-state index contributed by atoms with van der Waals surface area (Å²) in [7, 11) is 2.08. The van der Waals surface area contributed by atoms with Crippen molar-refractivity contribution in [2.75, 3.05) is 11.9 Å². The van der Waals surface area contributed by atoms with E-state index < -0.39 is 5.82 Å². The Morgan fingerprint density at radius 3 is 2.52 bits per heavy atom. The summed E-state index contributed by atoms with van der Waals surface area (Å²) < 4.78 is 14.6. The molecule has 2 aliphatic rings. The molecule has 1 aromatic carbocycles. The van der Waals surface area contributed by atoms with Gasteiger partial charge in [-0.3, -0.25) is 5.10 Å². The zero-order valence-electron chi connectivity index (χ0n) is 16.3. The first-order chi connectivity index (χ1) is 14.1. The van der Waals surface area contributed by atoms with Gasteiger partial charge in [0.2, 0.25) is 0 Å². The molecule has 0 aliphatic heterocycles. The van der Waals surface area contributed by atoms with Crippen molar-refractivity contribution in [3.63, 3.8) is 0 Å². The highest BCUT2D eigenvalue weighted by Gasteiger charge is 2.36.